The Labute approximate surface area is 95.1 Å². The number of hydrogen-bond donors (Lipinski definition) is 1. The highest BCUT2D eigenvalue weighted by atomic mass is 35.5. The van der Waals surface area contributed by atoms with Crippen LogP contribution in [-0.2, 0) is 4.74 Å². The van der Waals surface area contributed by atoms with Crippen molar-refractivity contribution in [2.45, 2.75) is 13.0 Å². The lowest BCUT2D eigenvalue weighted by atomic mass is 10.1. The van der Waals surface area contributed by atoms with E-state index in [4.69, 9.17) is 26.8 Å². The Morgan fingerprint density at radius 2 is 2.20 bits per heavy atom. The zero-order valence-electron chi connectivity index (χ0n) is 9.00. The first-order valence-corrected chi connectivity index (χ1v) is 5.26. The molecule has 0 saturated carbocycles. The maximum Gasteiger partial charge on any atom is 0.126 e. The van der Waals surface area contributed by atoms with Crippen LogP contribution in [0.3, 0.4) is 0 Å². The van der Waals surface area contributed by atoms with Crippen molar-refractivity contribution in [2.24, 2.45) is 5.73 Å². The SMILES string of the molecule is CCOC(CN)c1c(Cl)cccc1OC. The second-order valence-electron chi connectivity index (χ2n) is 3.04. The van der Waals surface area contributed by atoms with Crippen molar-refractivity contribution in [3.8, 4) is 5.75 Å². The molecule has 4 heteroatoms. The zero-order chi connectivity index (χ0) is 11.3. The third kappa shape index (κ3) is 2.84. The Balaban J connectivity index is 3.08. The Morgan fingerprint density at radius 3 is 2.73 bits per heavy atom. The van der Waals surface area contributed by atoms with Crippen LogP contribution in [0.1, 0.15) is 18.6 Å². The molecule has 0 fully saturated rings. The standard InChI is InChI=1S/C11H16ClNO2/c1-3-15-10(7-13)11-8(12)5-4-6-9(11)14-2/h4-6,10H,3,7,13H2,1-2H3. The molecule has 0 radical (unpaired) electrons. The number of hydrogen-bond acceptors (Lipinski definition) is 3. The molecule has 1 rings (SSSR count). The van der Waals surface area contributed by atoms with Gasteiger partial charge in [0.1, 0.15) is 5.75 Å². The van der Waals surface area contributed by atoms with Gasteiger partial charge in [0.2, 0.25) is 0 Å². The first-order chi connectivity index (χ1) is 7.24. The highest BCUT2D eigenvalue weighted by Crippen LogP contribution is 2.33. The fraction of sp³-hybridized carbons (Fsp3) is 0.455. The number of rotatable bonds is 5. The quantitative estimate of drug-likeness (QED) is 0.843. The molecular weight excluding hydrogens is 214 g/mol. The van der Waals surface area contributed by atoms with E-state index in [0.29, 0.717) is 23.9 Å². The first-order valence-electron chi connectivity index (χ1n) is 4.88. The van der Waals surface area contributed by atoms with E-state index in [-0.39, 0.29) is 6.10 Å². The van der Waals surface area contributed by atoms with E-state index < -0.39 is 0 Å². The fourth-order valence-corrected chi connectivity index (χ4v) is 1.77. The van der Waals surface area contributed by atoms with Crippen LogP contribution in [-0.4, -0.2) is 20.3 Å². The maximum atomic E-state index is 6.10. The van der Waals surface area contributed by atoms with Gasteiger partial charge in [0, 0.05) is 18.7 Å². The number of benzene rings is 1. The van der Waals surface area contributed by atoms with Crippen LogP contribution < -0.4 is 10.5 Å². The van der Waals surface area contributed by atoms with Crippen molar-refractivity contribution in [1.29, 1.82) is 0 Å². The summed E-state index contributed by atoms with van der Waals surface area (Å²) in [5.74, 6) is 0.714. The first kappa shape index (κ1) is 12.3. The van der Waals surface area contributed by atoms with Gasteiger partial charge in [-0.15, -0.1) is 0 Å². The largest absolute Gasteiger partial charge is 0.496 e. The Hall–Kier alpha value is -0.770. The van der Waals surface area contributed by atoms with Gasteiger partial charge in [0.15, 0.2) is 0 Å². The van der Waals surface area contributed by atoms with E-state index in [1.807, 2.05) is 19.1 Å². The number of methoxy groups -OCH3 is 1. The van der Waals surface area contributed by atoms with E-state index >= 15 is 0 Å². The molecule has 0 aliphatic rings. The van der Waals surface area contributed by atoms with Crippen LogP contribution in [0.2, 0.25) is 5.02 Å². The van der Waals surface area contributed by atoms with Gasteiger partial charge in [-0.1, -0.05) is 17.7 Å². The van der Waals surface area contributed by atoms with E-state index in [1.54, 1.807) is 13.2 Å². The van der Waals surface area contributed by atoms with Gasteiger partial charge < -0.3 is 15.2 Å². The maximum absolute atomic E-state index is 6.10. The van der Waals surface area contributed by atoms with E-state index in [2.05, 4.69) is 0 Å². The average molecular weight is 230 g/mol. The molecule has 0 aliphatic carbocycles. The highest BCUT2D eigenvalue weighted by Gasteiger charge is 2.17. The van der Waals surface area contributed by atoms with Crippen LogP contribution in [0.25, 0.3) is 0 Å². The topological polar surface area (TPSA) is 44.5 Å². The molecule has 1 unspecified atom stereocenters. The molecule has 0 heterocycles. The van der Waals surface area contributed by atoms with Gasteiger partial charge in [-0.25, -0.2) is 0 Å². The minimum atomic E-state index is -0.210. The third-order valence-electron chi connectivity index (χ3n) is 2.14. The lowest BCUT2D eigenvalue weighted by molar-refractivity contribution is 0.0671. The van der Waals surface area contributed by atoms with Gasteiger partial charge in [0.25, 0.3) is 0 Å². The normalized spacial score (nSPS) is 12.5. The van der Waals surface area contributed by atoms with Crippen LogP contribution in [0.5, 0.6) is 5.75 Å². The molecule has 1 aromatic rings. The smallest absolute Gasteiger partial charge is 0.126 e. The van der Waals surface area contributed by atoms with Crippen molar-refractivity contribution >= 4 is 11.6 Å². The minimum Gasteiger partial charge on any atom is -0.496 e. The summed E-state index contributed by atoms with van der Waals surface area (Å²) >= 11 is 6.10. The van der Waals surface area contributed by atoms with Crippen LogP contribution >= 0.6 is 11.6 Å². The molecule has 84 valence electrons. The second-order valence-corrected chi connectivity index (χ2v) is 3.44. The number of nitrogens with two attached hydrogens (primary N) is 1. The average Bonchev–Trinajstić information content (AvgIpc) is 2.26. The highest BCUT2D eigenvalue weighted by molar-refractivity contribution is 6.31. The van der Waals surface area contributed by atoms with Gasteiger partial charge in [-0.2, -0.15) is 0 Å². The predicted octanol–water partition coefficient (Wildman–Crippen LogP) is 2.38. The molecule has 0 bridgehead atoms. The molecule has 0 spiro atoms. The van der Waals surface area contributed by atoms with Crippen LogP contribution in [0.4, 0.5) is 0 Å². The molecule has 0 aliphatic heterocycles. The summed E-state index contributed by atoms with van der Waals surface area (Å²) in [6, 6.07) is 5.49. The summed E-state index contributed by atoms with van der Waals surface area (Å²) in [7, 11) is 1.61. The van der Waals surface area contributed by atoms with E-state index in [1.165, 1.54) is 0 Å². The fourth-order valence-electron chi connectivity index (χ4n) is 1.48. The van der Waals surface area contributed by atoms with Crippen molar-refractivity contribution in [2.75, 3.05) is 20.3 Å². The summed E-state index contributed by atoms with van der Waals surface area (Å²) in [5, 5.41) is 0.623. The van der Waals surface area contributed by atoms with Crippen LogP contribution in [0.15, 0.2) is 18.2 Å². The molecule has 0 saturated heterocycles. The second kappa shape index (κ2) is 5.95. The van der Waals surface area contributed by atoms with E-state index in [0.717, 1.165) is 5.56 Å². The summed E-state index contributed by atoms with van der Waals surface area (Å²) in [6.07, 6.45) is -0.210. The molecule has 1 atom stereocenters. The Bertz CT molecular complexity index is 317. The monoisotopic (exact) mass is 229 g/mol. The summed E-state index contributed by atoms with van der Waals surface area (Å²) in [4.78, 5) is 0. The van der Waals surface area contributed by atoms with E-state index in [9.17, 15) is 0 Å². The molecule has 3 nitrogen and oxygen atoms in total. The van der Waals surface area contributed by atoms with Gasteiger partial charge >= 0.3 is 0 Å². The molecule has 2 N–H and O–H groups in total. The number of halogens is 1. The molecule has 0 aromatic heterocycles. The summed E-state index contributed by atoms with van der Waals surface area (Å²) in [6.45, 7) is 2.90. The van der Waals surface area contributed by atoms with Gasteiger partial charge in [-0.05, 0) is 19.1 Å². The lowest BCUT2D eigenvalue weighted by Crippen LogP contribution is -2.17. The van der Waals surface area contributed by atoms with Crippen molar-refractivity contribution in [3.05, 3.63) is 28.8 Å². The Morgan fingerprint density at radius 1 is 1.47 bits per heavy atom. The lowest BCUT2D eigenvalue weighted by Gasteiger charge is -2.19. The third-order valence-corrected chi connectivity index (χ3v) is 2.47. The zero-order valence-corrected chi connectivity index (χ0v) is 9.75. The van der Waals surface area contributed by atoms with Gasteiger partial charge in [-0.3, -0.25) is 0 Å². The van der Waals surface area contributed by atoms with Crippen molar-refractivity contribution in [1.82, 2.24) is 0 Å². The number of ether oxygens (including phenoxy) is 2. The molecule has 15 heavy (non-hydrogen) atoms. The Kier molecular flexibility index (Phi) is 4.88. The molecule has 0 amide bonds. The van der Waals surface area contributed by atoms with Crippen molar-refractivity contribution in [3.63, 3.8) is 0 Å². The van der Waals surface area contributed by atoms with Gasteiger partial charge in [0.05, 0.1) is 18.2 Å². The summed E-state index contributed by atoms with van der Waals surface area (Å²) in [5.41, 5.74) is 6.47. The summed E-state index contributed by atoms with van der Waals surface area (Å²) < 4.78 is 10.7. The van der Waals surface area contributed by atoms with Crippen molar-refractivity contribution < 1.29 is 9.47 Å². The molecule has 1 aromatic carbocycles. The molecular formula is C11H16ClNO2. The predicted molar refractivity (Wildman–Crippen MR) is 61.4 cm³/mol. The van der Waals surface area contributed by atoms with Crippen LogP contribution in [0, 0.1) is 0 Å². The minimum absolute atomic E-state index is 0.210.